The number of alkyl halides is 1. The first-order chi connectivity index (χ1) is 9.68. The number of aryl methyl sites for hydroxylation is 1. The number of benzene rings is 1. The van der Waals surface area contributed by atoms with E-state index in [4.69, 9.17) is 0 Å². The van der Waals surface area contributed by atoms with Crippen molar-refractivity contribution >= 4 is 0 Å². The maximum absolute atomic E-state index is 14.0. The van der Waals surface area contributed by atoms with Crippen LogP contribution in [0.4, 0.5) is 4.39 Å². The van der Waals surface area contributed by atoms with Gasteiger partial charge in [0.05, 0.1) is 0 Å². The molecule has 1 heterocycles. The lowest BCUT2D eigenvalue weighted by molar-refractivity contribution is 0.0518. The summed E-state index contributed by atoms with van der Waals surface area (Å²) in [4.78, 5) is 0. The van der Waals surface area contributed by atoms with Gasteiger partial charge in [-0.1, -0.05) is 18.2 Å². The van der Waals surface area contributed by atoms with Crippen molar-refractivity contribution in [1.29, 1.82) is 0 Å². The third kappa shape index (κ3) is 3.04. The van der Waals surface area contributed by atoms with E-state index in [0.29, 0.717) is 0 Å². The van der Waals surface area contributed by atoms with Crippen molar-refractivity contribution in [3.63, 3.8) is 0 Å². The maximum atomic E-state index is 14.0. The van der Waals surface area contributed by atoms with E-state index in [9.17, 15) is 4.39 Å². The lowest BCUT2D eigenvalue weighted by Gasteiger charge is -2.33. The Kier molecular flexibility index (Phi) is 4.08. The Balaban J connectivity index is 1.57. The quantitative estimate of drug-likeness (QED) is 0.887. The second-order valence-corrected chi connectivity index (χ2v) is 6.36. The molecule has 1 aromatic rings. The van der Waals surface area contributed by atoms with Crippen molar-refractivity contribution in [1.82, 2.24) is 10.4 Å². The van der Waals surface area contributed by atoms with E-state index in [-0.39, 0.29) is 0 Å². The van der Waals surface area contributed by atoms with Crippen molar-refractivity contribution in [3.05, 3.63) is 34.9 Å². The largest absolute Gasteiger partial charge is 0.258 e. The molecule has 20 heavy (non-hydrogen) atoms. The van der Waals surface area contributed by atoms with Gasteiger partial charge in [0.25, 0.3) is 0 Å². The first kappa shape index (κ1) is 14.0. The zero-order chi connectivity index (χ0) is 14.0. The SMILES string of the molecule is CNN1CCc2ccc(CCCC3(F)CCC3)cc2C1. The van der Waals surface area contributed by atoms with Gasteiger partial charge in [-0.3, -0.25) is 5.43 Å². The fraction of sp³-hybridized carbons (Fsp3) is 0.647. The number of nitrogens with zero attached hydrogens (tertiary/aromatic N) is 1. The molecular weight excluding hydrogens is 251 g/mol. The van der Waals surface area contributed by atoms with Crippen molar-refractivity contribution in [2.24, 2.45) is 0 Å². The second-order valence-electron chi connectivity index (χ2n) is 6.36. The van der Waals surface area contributed by atoms with E-state index in [1.165, 1.54) is 16.7 Å². The minimum absolute atomic E-state index is 0.743. The van der Waals surface area contributed by atoms with Gasteiger partial charge in [0.1, 0.15) is 5.67 Å². The van der Waals surface area contributed by atoms with E-state index in [0.717, 1.165) is 58.0 Å². The number of rotatable bonds is 5. The summed E-state index contributed by atoms with van der Waals surface area (Å²) in [5, 5.41) is 2.25. The zero-order valence-corrected chi connectivity index (χ0v) is 12.4. The topological polar surface area (TPSA) is 15.3 Å². The smallest absolute Gasteiger partial charge is 0.111 e. The molecule has 0 radical (unpaired) electrons. The van der Waals surface area contributed by atoms with Crippen molar-refractivity contribution < 1.29 is 4.39 Å². The monoisotopic (exact) mass is 276 g/mol. The highest BCUT2D eigenvalue weighted by Gasteiger charge is 2.35. The van der Waals surface area contributed by atoms with E-state index >= 15 is 0 Å². The fourth-order valence-electron chi connectivity index (χ4n) is 3.38. The fourth-order valence-corrected chi connectivity index (χ4v) is 3.38. The molecule has 1 aromatic carbocycles. The summed E-state index contributed by atoms with van der Waals surface area (Å²) in [6.07, 6.45) is 6.50. The lowest BCUT2D eigenvalue weighted by atomic mass is 9.78. The molecule has 0 amide bonds. The van der Waals surface area contributed by atoms with Gasteiger partial charge < -0.3 is 0 Å². The molecule has 0 aromatic heterocycles. The molecule has 0 unspecified atom stereocenters. The van der Waals surface area contributed by atoms with E-state index in [1.807, 2.05) is 7.05 Å². The average Bonchev–Trinajstić information content (AvgIpc) is 2.44. The minimum Gasteiger partial charge on any atom is -0.258 e. The van der Waals surface area contributed by atoms with E-state index in [1.54, 1.807) is 0 Å². The van der Waals surface area contributed by atoms with Crippen LogP contribution in [0.3, 0.4) is 0 Å². The van der Waals surface area contributed by atoms with E-state index < -0.39 is 5.67 Å². The van der Waals surface area contributed by atoms with Crippen molar-refractivity contribution in [2.45, 2.75) is 57.2 Å². The first-order valence-corrected chi connectivity index (χ1v) is 7.90. The Morgan fingerprint density at radius 3 is 2.85 bits per heavy atom. The minimum atomic E-state index is -0.822. The van der Waals surface area contributed by atoms with Crippen LogP contribution < -0.4 is 5.43 Å². The highest BCUT2D eigenvalue weighted by Crippen LogP contribution is 2.39. The zero-order valence-electron chi connectivity index (χ0n) is 12.4. The molecule has 1 N–H and O–H groups in total. The lowest BCUT2D eigenvalue weighted by Crippen LogP contribution is -2.39. The molecule has 0 atom stereocenters. The predicted octanol–water partition coefficient (Wildman–Crippen LogP) is 3.39. The average molecular weight is 276 g/mol. The molecule has 1 saturated carbocycles. The van der Waals surface area contributed by atoms with Gasteiger partial charge >= 0.3 is 0 Å². The Bertz CT molecular complexity index is 468. The number of hydrogen-bond donors (Lipinski definition) is 1. The van der Waals surface area contributed by atoms with Gasteiger partial charge in [0.2, 0.25) is 0 Å². The Labute approximate surface area is 121 Å². The molecule has 3 heteroatoms. The molecule has 0 spiro atoms. The second kappa shape index (κ2) is 5.82. The molecule has 0 saturated heterocycles. The van der Waals surface area contributed by atoms with Crippen LogP contribution in [-0.2, 0) is 19.4 Å². The van der Waals surface area contributed by atoms with Gasteiger partial charge in [-0.25, -0.2) is 9.40 Å². The summed E-state index contributed by atoms with van der Waals surface area (Å²) < 4.78 is 14.0. The summed E-state index contributed by atoms with van der Waals surface area (Å²) in [6, 6.07) is 6.83. The van der Waals surface area contributed by atoms with Crippen LogP contribution in [0.25, 0.3) is 0 Å². The first-order valence-electron chi connectivity index (χ1n) is 7.90. The van der Waals surface area contributed by atoms with Crippen LogP contribution in [0.15, 0.2) is 18.2 Å². The molecule has 1 fully saturated rings. The van der Waals surface area contributed by atoms with Crippen LogP contribution in [0.5, 0.6) is 0 Å². The number of halogens is 1. The highest BCUT2D eigenvalue weighted by molar-refractivity contribution is 5.33. The highest BCUT2D eigenvalue weighted by atomic mass is 19.1. The number of fused-ring (bicyclic) bond motifs is 1. The van der Waals surface area contributed by atoms with Crippen LogP contribution in [0.2, 0.25) is 0 Å². The molecule has 2 nitrogen and oxygen atoms in total. The number of nitrogens with one attached hydrogen (secondary N) is 1. The molecule has 0 bridgehead atoms. The van der Waals surface area contributed by atoms with Crippen LogP contribution in [-0.4, -0.2) is 24.3 Å². The summed E-state index contributed by atoms with van der Waals surface area (Å²) in [6.45, 7) is 2.06. The van der Waals surface area contributed by atoms with Crippen LogP contribution >= 0.6 is 0 Å². The molecule has 1 aliphatic carbocycles. The summed E-state index contributed by atoms with van der Waals surface area (Å²) in [5.41, 5.74) is 6.67. The summed E-state index contributed by atoms with van der Waals surface area (Å²) in [5.74, 6) is 0. The Morgan fingerprint density at radius 1 is 1.30 bits per heavy atom. The van der Waals surface area contributed by atoms with Crippen molar-refractivity contribution in [3.8, 4) is 0 Å². The van der Waals surface area contributed by atoms with Gasteiger partial charge in [-0.15, -0.1) is 0 Å². The normalized spacial score (nSPS) is 21.3. The van der Waals surface area contributed by atoms with Crippen molar-refractivity contribution in [2.75, 3.05) is 13.6 Å². The molecule has 110 valence electrons. The van der Waals surface area contributed by atoms with Gasteiger partial charge in [-0.2, -0.15) is 0 Å². The summed E-state index contributed by atoms with van der Waals surface area (Å²) in [7, 11) is 1.98. The Hall–Kier alpha value is -0.930. The van der Waals surface area contributed by atoms with E-state index in [2.05, 4.69) is 28.6 Å². The van der Waals surface area contributed by atoms with Gasteiger partial charge in [-0.05, 0) is 68.7 Å². The Morgan fingerprint density at radius 2 is 2.15 bits per heavy atom. The maximum Gasteiger partial charge on any atom is 0.111 e. The summed E-state index contributed by atoms with van der Waals surface area (Å²) >= 11 is 0. The molecule has 2 aliphatic rings. The van der Waals surface area contributed by atoms with Gasteiger partial charge in [0.15, 0.2) is 0 Å². The number of hydrogen-bond acceptors (Lipinski definition) is 2. The van der Waals surface area contributed by atoms with Gasteiger partial charge in [0, 0.05) is 13.1 Å². The van der Waals surface area contributed by atoms with Crippen LogP contribution in [0.1, 0.15) is 48.8 Å². The molecule has 1 aliphatic heterocycles. The number of hydrazine groups is 1. The predicted molar refractivity (Wildman–Crippen MR) is 80.2 cm³/mol. The van der Waals surface area contributed by atoms with Crippen LogP contribution in [0, 0.1) is 0 Å². The molecular formula is C17H25FN2. The standard InChI is InChI=1S/C17H25FN2/c1-19-20-11-7-15-6-5-14(12-16(15)13-20)4-2-8-17(18)9-3-10-17/h5-6,12,19H,2-4,7-11,13H2,1H3. The molecule has 3 rings (SSSR count). The third-order valence-electron chi connectivity index (χ3n) is 4.94. The third-order valence-corrected chi connectivity index (χ3v) is 4.94.